The van der Waals surface area contributed by atoms with E-state index in [-0.39, 0.29) is 0 Å². The molecule has 0 bridgehead atoms. The third-order valence-corrected chi connectivity index (χ3v) is 2.41. The minimum Gasteiger partial charge on any atom is -0.381 e. The van der Waals surface area contributed by atoms with Gasteiger partial charge in [-0.1, -0.05) is 6.08 Å². The SMILES string of the molecule is C=CCNCCOCC1CCOCC1. The summed E-state index contributed by atoms with van der Waals surface area (Å²) in [5.41, 5.74) is 0. The minimum atomic E-state index is 0.711. The molecule has 1 fully saturated rings. The van der Waals surface area contributed by atoms with Crippen molar-refractivity contribution in [1.82, 2.24) is 5.32 Å². The molecular weight excluding hydrogens is 178 g/mol. The molecule has 1 aliphatic rings. The van der Waals surface area contributed by atoms with E-state index in [1.54, 1.807) is 0 Å². The van der Waals surface area contributed by atoms with Gasteiger partial charge < -0.3 is 14.8 Å². The van der Waals surface area contributed by atoms with E-state index in [2.05, 4.69) is 11.9 Å². The highest BCUT2D eigenvalue weighted by molar-refractivity contribution is 4.69. The molecule has 0 atom stereocenters. The number of nitrogens with one attached hydrogen (secondary N) is 1. The van der Waals surface area contributed by atoms with Crippen LogP contribution in [0.25, 0.3) is 0 Å². The van der Waals surface area contributed by atoms with Crippen molar-refractivity contribution in [2.45, 2.75) is 12.8 Å². The van der Waals surface area contributed by atoms with E-state index in [0.717, 1.165) is 52.4 Å². The van der Waals surface area contributed by atoms with E-state index in [1.807, 2.05) is 6.08 Å². The Hall–Kier alpha value is -0.380. The maximum Gasteiger partial charge on any atom is 0.0591 e. The number of rotatable bonds is 7. The predicted octanol–water partition coefficient (Wildman–Crippen LogP) is 1.21. The van der Waals surface area contributed by atoms with Gasteiger partial charge >= 0.3 is 0 Å². The average molecular weight is 199 g/mol. The van der Waals surface area contributed by atoms with Gasteiger partial charge in [0.15, 0.2) is 0 Å². The molecule has 0 aromatic heterocycles. The second-order valence-corrected chi connectivity index (χ2v) is 3.62. The number of ether oxygens (including phenoxy) is 2. The molecule has 1 saturated heterocycles. The van der Waals surface area contributed by atoms with Crippen molar-refractivity contribution in [3.8, 4) is 0 Å². The van der Waals surface area contributed by atoms with Crippen LogP contribution in [0, 0.1) is 5.92 Å². The van der Waals surface area contributed by atoms with Crippen molar-refractivity contribution in [1.29, 1.82) is 0 Å². The predicted molar refractivity (Wildman–Crippen MR) is 57.4 cm³/mol. The van der Waals surface area contributed by atoms with E-state index in [9.17, 15) is 0 Å². The summed E-state index contributed by atoms with van der Waals surface area (Å²) in [5, 5.41) is 3.21. The molecule has 0 aliphatic carbocycles. The van der Waals surface area contributed by atoms with Gasteiger partial charge in [-0.25, -0.2) is 0 Å². The van der Waals surface area contributed by atoms with E-state index in [1.165, 1.54) is 0 Å². The van der Waals surface area contributed by atoms with Gasteiger partial charge in [-0.05, 0) is 18.8 Å². The minimum absolute atomic E-state index is 0.711. The topological polar surface area (TPSA) is 30.5 Å². The quantitative estimate of drug-likeness (QED) is 0.494. The van der Waals surface area contributed by atoms with Crippen LogP contribution in [-0.4, -0.2) is 39.5 Å². The molecule has 1 heterocycles. The van der Waals surface area contributed by atoms with Crippen LogP contribution < -0.4 is 5.32 Å². The molecule has 0 spiro atoms. The highest BCUT2D eigenvalue weighted by atomic mass is 16.5. The third kappa shape index (κ3) is 5.37. The fourth-order valence-corrected chi connectivity index (χ4v) is 1.51. The summed E-state index contributed by atoms with van der Waals surface area (Å²) in [6.45, 7) is 8.90. The molecule has 14 heavy (non-hydrogen) atoms. The molecule has 0 aromatic carbocycles. The average Bonchev–Trinajstić information content (AvgIpc) is 2.25. The maximum absolute atomic E-state index is 5.57. The first-order valence-corrected chi connectivity index (χ1v) is 5.40. The monoisotopic (exact) mass is 199 g/mol. The van der Waals surface area contributed by atoms with E-state index in [0.29, 0.717) is 5.92 Å². The maximum atomic E-state index is 5.57. The fourth-order valence-electron chi connectivity index (χ4n) is 1.51. The van der Waals surface area contributed by atoms with Gasteiger partial charge in [0.05, 0.1) is 6.61 Å². The lowest BCUT2D eigenvalue weighted by Crippen LogP contribution is -2.24. The summed E-state index contributed by atoms with van der Waals surface area (Å²) in [5.74, 6) is 0.711. The molecule has 0 amide bonds. The summed E-state index contributed by atoms with van der Waals surface area (Å²) in [6, 6.07) is 0. The first-order valence-electron chi connectivity index (χ1n) is 5.40. The number of hydrogen-bond donors (Lipinski definition) is 1. The molecule has 82 valence electrons. The standard InChI is InChI=1S/C11H21NO2/c1-2-5-12-6-9-14-10-11-3-7-13-8-4-11/h2,11-12H,1,3-10H2. The van der Waals surface area contributed by atoms with Crippen molar-refractivity contribution < 1.29 is 9.47 Å². The lowest BCUT2D eigenvalue weighted by Gasteiger charge is -2.21. The molecule has 0 saturated carbocycles. The van der Waals surface area contributed by atoms with Crippen molar-refractivity contribution >= 4 is 0 Å². The Morgan fingerprint density at radius 1 is 1.43 bits per heavy atom. The van der Waals surface area contributed by atoms with Crippen molar-refractivity contribution in [2.75, 3.05) is 39.5 Å². The first kappa shape index (κ1) is 11.7. The molecule has 1 rings (SSSR count). The normalized spacial score (nSPS) is 18.3. The van der Waals surface area contributed by atoms with Crippen LogP contribution in [0.1, 0.15) is 12.8 Å². The zero-order chi connectivity index (χ0) is 10.1. The van der Waals surface area contributed by atoms with E-state index in [4.69, 9.17) is 9.47 Å². The summed E-state index contributed by atoms with van der Waals surface area (Å²) in [7, 11) is 0. The van der Waals surface area contributed by atoms with E-state index < -0.39 is 0 Å². The Morgan fingerprint density at radius 2 is 2.21 bits per heavy atom. The summed E-state index contributed by atoms with van der Waals surface area (Å²) < 4.78 is 10.8. The second kappa shape index (κ2) is 7.97. The zero-order valence-electron chi connectivity index (χ0n) is 8.84. The lowest BCUT2D eigenvalue weighted by molar-refractivity contribution is 0.0215. The van der Waals surface area contributed by atoms with Crippen LogP contribution in [0.4, 0.5) is 0 Å². The molecule has 1 aliphatic heterocycles. The fraction of sp³-hybridized carbons (Fsp3) is 0.818. The Kier molecular flexibility index (Phi) is 6.66. The smallest absolute Gasteiger partial charge is 0.0591 e. The Bertz CT molecular complexity index is 144. The van der Waals surface area contributed by atoms with Gasteiger partial charge in [-0.2, -0.15) is 0 Å². The third-order valence-electron chi connectivity index (χ3n) is 2.41. The highest BCUT2D eigenvalue weighted by Crippen LogP contribution is 2.14. The van der Waals surface area contributed by atoms with Gasteiger partial charge in [-0.3, -0.25) is 0 Å². The van der Waals surface area contributed by atoms with Crippen LogP contribution in [0.3, 0.4) is 0 Å². The van der Waals surface area contributed by atoms with Gasteiger partial charge in [0.25, 0.3) is 0 Å². The Labute approximate surface area is 86.5 Å². The van der Waals surface area contributed by atoms with Crippen LogP contribution in [0.2, 0.25) is 0 Å². The van der Waals surface area contributed by atoms with Gasteiger partial charge in [0.1, 0.15) is 0 Å². The van der Waals surface area contributed by atoms with Crippen molar-refractivity contribution in [3.05, 3.63) is 12.7 Å². The molecule has 0 radical (unpaired) electrons. The van der Waals surface area contributed by atoms with Crippen LogP contribution in [-0.2, 0) is 9.47 Å². The lowest BCUT2D eigenvalue weighted by atomic mass is 10.0. The largest absolute Gasteiger partial charge is 0.381 e. The summed E-state index contributed by atoms with van der Waals surface area (Å²) in [6.07, 6.45) is 4.17. The second-order valence-electron chi connectivity index (χ2n) is 3.62. The van der Waals surface area contributed by atoms with Gasteiger partial charge in [0, 0.05) is 32.9 Å². The van der Waals surface area contributed by atoms with Gasteiger partial charge in [0.2, 0.25) is 0 Å². The van der Waals surface area contributed by atoms with E-state index >= 15 is 0 Å². The molecular formula is C11H21NO2. The molecule has 3 heteroatoms. The van der Waals surface area contributed by atoms with Crippen LogP contribution in [0.15, 0.2) is 12.7 Å². The van der Waals surface area contributed by atoms with Crippen molar-refractivity contribution in [3.63, 3.8) is 0 Å². The van der Waals surface area contributed by atoms with Crippen molar-refractivity contribution in [2.24, 2.45) is 5.92 Å². The molecule has 0 unspecified atom stereocenters. The van der Waals surface area contributed by atoms with Gasteiger partial charge in [-0.15, -0.1) is 6.58 Å². The Morgan fingerprint density at radius 3 is 2.93 bits per heavy atom. The summed E-state index contributed by atoms with van der Waals surface area (Å²) >= 11 is 0. The van der Waals surface area contributed by atoms with Crippen LogP contribution >= 0.6 is 0 Å². The molecule has 3 nitrogen and oxygen atoms in total. The van der Waals surface area contributed by atoms with Crippen LogP contribution in [0.5, 0.6) is 0 Å². The zero-order valence-corrected chi connectivity index (χ0v) is 8.84. The Balaban J connectivity index is 1.85. The highest BCUT2D eigenvalue weighted by Gasteiger charge is 2.13. The summed E-state index contributed by atoms with van der Waals surface area (Å²) in [4.78, 5) is 0. The molecule has 1 N–H and O–H groups in total. The molecule has 0 aromatic rings. The first-order chi connectivity index (χ1) is 6.93. The number of hydrogen-bond acceptors (Lipinski definition) is 3.